The molecule has 0 saturated heterocycles. The lowest BCUT2D eigenvalue weighted by Gasteiger charge is -2.08. The van der Waals surface area contributed by atoms with Gasteiger partial charge >= 0.3 is 0 Å². The first kappa shape index (κ1) is 13.5. The van der Waals surface area contributed by atoms with Crippen LogP contribution in [0.4, 0.5) is 4.39 Å². The van der Waals surface area contributed by atoms with E-state index in [9.17, 15) is 4.39 Å². The van der Waals surface area contributed by atoms with Crippen molar-refractivity contribution in [3.8, 4) is 22.6 Å². The molecule has 5 nitrogen and oxygen atoms in total. The van der Waals surface area contributed by atoms with Crippen LogP contribution < -0.4 is 9.47 Å². The van der Waals surface area contributed by atoms with E-state index in [-0.39, 0.29) is 12.3 Å². The van der Waals surface area contributed by atoms with Crippen molar-refractivity contribution >= 4 is 11.6 Å². The number of halogens is 2. The monoisotopic (exact) mass is 305 g/mol. The maximum absolute atomic E-state index is 13.7. The first-order valence-electron chi connectivity index (χ1n) is 6.11. The summed E-state index contributed by atoms with van der Waals surface area (Å²) in [6.45, 7) is 0.00680. The normalized spacial score (nSPS) is 15.6. The topological polar surface area (TPSA) is 67.2 Å². The molecule has 0 saturated carbocycles. The quantitative estimate of drug-likeness (QED) is 0.474. The van der Waals surface area contributed by atoms with Crippen molar-refractivity contribution in [2.45, 2.75) is 6.29 Å². The van der Waals surface area contributed by atoms with Gasteiger partial charge in [-0.05, 0) is 29.3 Å². The SMILES string of the molecule is [N-]=[N+]=NCC1Oc2cc(F)cc(-c3ccc(Cl)cc3)c2O1. The molecular formula is C14H9ClFN3O2. The summed E-state index contributed by atoms with van der Waals surface area (Å²) in [6, 6.07) is 9.55. The van der Waals surface area contributed by atoms with Crippen molar-refractivity contribution in [1.29, 1.82) is 0 Å². The maximum Gasteiger partial charge on any atom is 0.247 e. The highest BCUT2D eigenvalue weighted by molar-refractivity contribution is 6.30. The average Bonchev–Trinajstić information content (AvgIpc) is 2.87. The van der Waals surface area contributed by atoms with E-state index in [0.717, 1.165) is 5.56 Å². The molecule has 0 aliphatic carbocycles. The number of benzene rings is 2. The van der Waals surface area contributed by atoms with Crippen LogP contribution in [0.25, 0.3) is 21.6 Å². The third-order valence-electron chi connectivity index (χ3n) is 2.98. The van der Waals surface area contributed by atoms with Crippen molar-refractivity contribution in [3.63, 3.8) is 0 Å². The van der Waals surface area contributed by atoms with E-state index in [2.05, 4.69) is 10.0 Å². The van der Waals surface area contributed by atoms with E-state index in [4.69, 9.17) is 26.6 Å². The lowest BCUT2D eigenvalue weighted by atomic mass is 10.0. The van der Waals surface area contributed by atoms with Crippen LogP contribution in [0, 0.1) is 5.82 Å². The number of nitrogens with zero attached hydrogens (tertiary/aromatic N) is 3. The van der Waals surface area contributed by atoms with Crippen molar-refractivity contribution in [1.82, 2.24) is 0 Å². The molecule has 21 heavy (non-hydrogen) atoms. The number of hydrogen-bond acceptors (Lipinski definition) is 3. The smallest absolute Gasteiger partial charge is 0.247 e. The molecule has 7 heteroatoms. The number of azide groups is 1. The molecule has 2 aromatic carbocycles. The molecule has 1 unspecified atom stereocenters. The Labute approximate surface area is 124 Å². The second kappa shape index (κ2) is 5.52. The van der Waals surface area contributed by atoms with Gasteiger partial charge in [0.2, 0.25) is 6.29 Å². The van der Waals surface area contributed by atoms with E-state index in [1.165, 1.54) is 12.1 Å². The molecule has 2 aromatic rings. The summed E-state index contributed by atoms with van der Waals surface area (Å²) in [4.78, 5) is 2.65. The zero-order valence-electron chi connectivity index (χ0n) is 10.7. The largest absolute Gasteiger partial charge is 0.451 e. The number of rotatable bonds is 3. The Morgan fingerprint density at radius 2 is 2.00 bits per heavy atom. The van der Waals surface area contributed by atoms with Gasteiger partial charge in [0.15, 0.2) is 11.5 Å². The predicted octanol–water partition coefficient (Wildman–Crippen LogP) is 4.55. The summed E-state index contributed by atoms with van der Waals surface area (Å²) in [5.74, 6) is 0.279. The van der Waals surface area contributed by atoms with Crippen LogP contribution >= 0.6 is 11.6 Å². The molecule has 1 aliphatic heterocycles. The highest BCUT2D eigenvalue weighted by Gasteiger charge is 2.27. The first-order valence-corrected chi connectivity index (χ1v) is 6.49. The van der Waals surface area contributed by atoms with Gasteiger partial charge in [-0.3, -0.25) is 0 Å². The van der Waals surface area contributed by atoms with Crippen LogP contribution in [-0.2, 0) is 0 Å². The molecule has 0 bridgehead atoms. The summed E-state index contributed by atoms with van der Waals surface area (Å²) in [5.41, 5.74) is 9.63. The Hall–Kier alpha value is -2.43. The van der Waals surface area contributed by atoms with Crippen LogP contribution in [-0.4, -0.2) is 12.8 Å². The molecule has 106 valence electrons. The molecule has 1 aliphatic rings. The fraction of sp³-hybridized carbons (Fsp3) is 0.143. The number of hydrogen-bond donors (Lipinski definition) is 0. The second-order valence-corrected chi connectivity index (χ2v) is 4.80. The number of fused-ring (bicyclic) bond motifs is 1. The van der Waals surface area contributed by atoms with E-state index in [1.807, 2.05) is 0 Å². The van der Waals surface area contributed by atoms with Gasteiger partial charge in [-0.1, -0.05) is 28.8 Å². The van der Waals surface area contributed by atoms with Crippen LogP contribution in [0.3, 0.4) is 0 Å². The fourth-order valence-corrected chi connectivity index (χ4v) is 2.22. The Morgan fingerprint density at radius 1 is 1.24 bits per heavy atom. The Bertz CT molecular complexity index is 730. The lowest BCUT2D eigenvalue weighted by Crippen LogP contribution is -2.21. The third kappa shape index (κ3) is 2.72. The van der Waals surface area contributed by atoms with Gasteiger partial charge in [-0.25, -0.2) is 4.39 Å². The van der Waals surface area contributed by atoms with Gasteiger partial charge in [0.25, 0.3) is 0 Å². The van der Waals surface area contributed by atoms with Gasteiger partial charge in [-0.2, -0.15) is 0 Å². The minimum absolute atomic E-state index is 0.00680. The van der Waals surface area contributed by atoms with Crippen LogP contribution in [0.2, 0.25) is 5.02 Å². The zero-order valence-corrected chi connectivity index (χ0v) is 11.4. The molecule has 0 fully saturated rings. The Morgan fingerprint density at radius 3 is 2.71 bits per heavy atom. The summed E-state index contributed by atoms with van der Waals surface area (Å²) in [7, 11) is 0. The van der Waals surface area contributed by atoms with Crippen LogP contribution in [0.1, 0.15) is 0 Å². The molecular weight excluding hydrogens is 297 g/mol. The van der Waals surface area contributed by atoms with Crippen LogP contribution in [0.5, 0.6) is 11.5 Å². The predicted molar refractivity (Wildman–Crippen MR) is 75.9 cm³/mol. The third-order valence-corrected chi connectivity index (χ3v) is 3.23. The van der Waals surface area contributed by atoms with Gasteiger partial charge in [0.1, 0.15) is 12.4 Å². The van der Waals surface area contributed by atoms with Crippen LogP contribution in [0.15, 0.2) is 41.5 Å². The molecule has 0 radical (unpaired) electrons. The zero-order chi connectivity index (χ0) is 14.8. The van der Waals surface area contributed by atoms with Gasteiger partial charge in [0, 0.05) is 21.6 Å². The average molecular weight is 306 g/mol. The van der Waals surface area contributed by atoms with E-state index in [1.54, 1.807) is 24.3 Å². The highest BCUT2D eigenvalue weighted by atomic mass is 35.5. The van der Waals surface area contributed by atoms with Gasteiger partial charge in [-0.15, -0.1) is 0 Å². The van der Waals surface area contributed by atoms with Crippen molar-refractivity contribution in [2.75, 3.05) is 6.54 Å². The lowest BCUT2D eigenvalue weighted by molar-refractivity contribution is 0.0583. The Balaban J connectivity index is 2.00. The minimum atomic E-state index is -0.747. The molecule has 3 rings (SSSR count). The number of ether oxygens (including phenoxy) is 2. The van der Waals surface area contributed by atoms with Crippen molar-refractivity contribution in [2.24, 2.45) is 5.11 Å². The fourth-order valence-electron chi connectivity index (χ4n) is 2.10. The molecule has 0 N–H and O–H groups in total. The molecule has 0 aromatic heterocycles. The summed E-state index contributed by atoms with van der Waals surface area (Å²) in [5, 5.41) is 3.98. The molecule has 0 spiro atoms. The first-order chi connectivity index (χ1) is 10.2. The second-order valence-electron chi connectivity index (χ2n) is 4.37. The van der Waals surface area contributed by atoms with E-state index >= 15 is 0 Å². The van der Waals surface area contributed by atoms with Gasteiger partial charge in [0.05, 0.1) is 0 Å². The van der Waals surface area contributed by atoms with E-state index in [0.29, 0.717) is 16.3 Å². The summed E-state index contributed by atoms with van der Waals surface area (Å²) < 4.78 is 24.7. The maximum atomic E-state index is 13.7. The van der Waals surface area contributed by atoms with Gasteiger partial charge < -0.3 is 9.47 Å². The molecule has 1 atom stereocenters. The summed E-state index contributed by atoms with van der Waals surface area (Å²) >= 11 is 5.85. The summed E-state index contributed by atoms with van der Waals surface area (Å²) in [6.07, 6.45) is -0.747. The Kier molecular flexibility index (Phi) is 3.56. The van der Waals surface area contributed by atoms with Crippen molar-refractivity contribution < 1.29 is 13.9 Å². The van der Waals surface area contributed by atoms with E-state index < -0.39 is 12.1 Å². The highest BCUT2D eigenvalue weighted by Crippen LogP contribution is 2.44. The molecule has 1 heterocycles. The minimum Gasteiger partial charge on any atom is -0.451 e. The molecule has 0 amide bonds. The van der Waals surface area contributed by atoms with Crippen molar-refractivity contribution in [3.05, 3.63) is 57.7 Å². The standard InChI is InChI=1S/C14H9ClFN3O2/c15-9-3-1-8(2-4-9)11-5-10(16)6-12-14(11)21-13(20-12)7-18-19-17/h1-6,13H,7H2.